The van der Waals surface area contributed by atoms with Gasteiger partial charge in [-0.2, -0.15) is 5.10 Å². The van der Waals surface area contributed by atoms with E-state index in [4.69, 9.17) is 16.7 Å². The van der Waals surface area contributed by atoms with Crippen LogP contribution in [0.4, 0.5) is 0 Å². The van der Waals surface area contributed by atoms with Crippen molar-refractivity contribution in [2.45, 2.75) is 31.8 Å². The molecule has 0 radical (unpaired) electrons. The van der Waals surface area contributed by atoms with E-state index in [1.807, 2.05) is 48.4 Å². The van der Waals surface area contributed by atoms with Gasteiger partial charge in [0, 0.05) is 54.4 Å². The van der Waals surface area contributed by atoms with Crippen LogP contribution in [0.3, 0.4) is 0 Å². The van der Waals surface area contributed by atoms with Crippen molar-refractivity contribution in [1.29, 1.82) is 0 Å². The molecule has 1 atom stereocenters. The molecule has 2 aromatic heterocycles. The number of pyridine rings is 1. The first kappa shape index (κ1) is 17.3. The van der Waals surface area contributed by atoms with Gasteiger partial charge in [-0.25, -0.2) is 0 Å². The summed E-state index contributed by atoms with van der Waals surface area (Å²) < 4.78 is 1.90. The Bertz CT molecular complexity index is 875. The van der Waals surface area contributed by atoms with Crippen molar-refractivity contribution in [3.63, 3.8) is 0 Å². The topological polar surface area (TPSA) is 34.0 Å². The van der Waals surface area contributed by atoms with Crippen LogP contribution in [0, 0.1) is 0 Å². The lowest BCUT2D eigenvalue weighted by molar-refractivity contribution is 0.140. The molecule has 134 valence electrons. The van der Waals surface area contributed by atoms with Crippen LogP contribution in [0.25, 0.3) is 11.3 Å². The van der Waals surface area contributed by atoms with Crippen molar-refractivity contribution in [3.05, 3.63) is 71.1 Å². The fourth-order valence-electron chi connectivity index (χ4n) is 3.88. The molecule has 26 heavy (non-hydrogen) atoms. The smallest absolute Gasteiger partial charge is 0.0968 e. The van der Waals surface area contributed by atoms with E-state index in [0.717, 1.165) is 29.4 Å². The molecular formula is C21H23ClN4. The van der Waals surface area contributed by atoms with Crippen molar-refractivity contribution in [2.75, 3.05) is 6.54 Å². The van der Waals surface area contributed by atoms with E-state index in [2.05, 4.69) is 28.2 Å². The summed E-state index contributed by atoms with van der Waals surface area (Å²) in [7, 11) is 1.98. The summed E-state index contributed by atoms with van der Waals surface area (Å²) in [5.41, 5.74) is 4.64. The van der Waals surface area contributed by atoms with Crippen LogP contribution in [0.1, 0.15) is 36.4 Å². The first-order valence-electron chi connectivity index (χ1n) is 9.13. The lowest BCUT2D eigenvalue weighted by Gasteiger charge is -2.35. The largest absolute Gasteiger partial charge is 0.292 e. The number of aryl methyl sites for hydroxylation is 1. The normalized spacial score (nSPS) is 18.2. The number of halogens is 1. The molecule has 0 amide bonds. The summed E-state index contributed by atoms with van der Waals surface area (Å²) in [6, 6.07) is 12.6. The Labute approximate surface area is 159 Å². The number of rotatable bonds is 4. The molecule has 4 nitrogen and oxygen atoms in total. The van der Waals surface area contributed by atoms with Crippen molar-refractivity contribution in [1.82, 2.24) is 19.7 Å². The summed E-state index contributed by atoms with van der Waals surface area (Å²) in [4.78, 5) is 6.88. The summed E-state index contributed by atoms with van der Waals surface area (Å²) >= 11 is 6.20. The highest BCUT2D eigenvalue weighted by Gasteiger charge is 2.25. The number of hydrogen-bond donors (Lipinski definition) is 0. The summed E-state index contributed by atoms with van der Waals surface area (Å²) in [6.07, 6.45) is 9.66. The maximum absolute atomic E-state index is 6.20. The van der Waals surface area contributed by atoms with Crippen molar-refractivity contribution in [2.24, 2.45) is 7.05 Å². The minimum absolute atomic E-state index is 0.421. The monoisotopic (exact) mass is 366 g/mol. The van der Waals surface area contributed by atoms with E-state index >= 15 is 0 Å². The first-order chi connectivity index (χ1) is 12.7. The average molecular weight is 367 g/mol. The molecule has 0 N–H and O–H groups in total. The van der Waals surface area contributed by atoms with Crippen molar-refractivity contribution >= 4 is 11.6 Å². The molecule has 1 aliphatic rings. The predicted octanol–water partition coefficient (Wildman–Crippen LogP) is 4.86. The van der Waals surface area contributed by atoms with E-state index in [-0.39, 0.29) is 0 Å². The minimum atomic E-state index is 0.421. The second kappa shape index (κ2) is 7.60. The molecule has 3 aromatic rings. The third kappa shape index (κ3) is 3.67. The summed E-state index contributed by atoms with van der Waals surface area (Å²) in [5, 5.41) is 5.45. The molecule has 1 fully saturated rings. The van der Waals surface area contributed by atoms with Crippen LogP contribution in [0.15, 0.2) is 55.0 Å². The lowest BCUT2D eigenvalue weighted by atomic mass is 9.95. The molecule has 4 rings (SSSR count). The molecule has 3 heterocycles. The van der Waals surface area contributed by atoms with E-state index in [0.29, 0.717) is 6.04 Å². The zero-order valence-corrected chi connectivity index (χ0v) is 15.7. The van der Waals surface area contributed by atoms with Gasteiger partial charge in [0.25, 0.3) is 0 Å². The maximum Gasteiger partial charge on any atom is 0.0968 e. The molecule has 1 aliphatic heterocycles. The SMILES string of the molecule is Cn1cc(CN2CCCC[C@@H]2c2cccnc2)c(-c2cccc(Cl)c2)n1. The van der Waals surface area contributed by atoms with Crippen LogP contribution in [0.2, 0.25) is 5.02 Å². The Morgan fingerprint density at radius 1 is 1.19 bits per heavy atom. The highest BCUT2D eigenvalue weighted by Crippen LogP contribution is 2.33. The standard InChI is InChI=1S/C21H23ClN4/c1-25-14-18(21(24-25)16-6-4-8-19(22)12-16)15-26-11-3-2-9-20(26)17-7-5-10-23-13-17/h4-8,10,12-14,20H,2-3,9,11,15H2,1H3/t20-/m1/s1. The third-order valence-electron chi connectivity index (χ3n) is 5.06. The number of likely N-dealkylation sites (tertiary alicyclic amines) is 1. The van der Waals surface area contributed by atoms with Gasteiger partial charge in [-0.3, -0.25) is 14.6 Å². The summed E-state index contributed by atoms with van der Waals surface area (Å²) in [6.45, 7) is 1.98. The quantitative estimate of drug-likeness (QED) is 0.661. The van der Waals surface area contributed by atoms with Gasteiger partial charge in [0.05, 0.1) is 5.69 Å². The number of benzene rings is 1. The van der Waals surface area contributed by atoms with E-state index in [1.54, 1.807) is 0 Å². The Balaban J connectivity index is 1.64. The molecule has 1 saturated heterocycles. The van der Waals surface area contributed by atoms with Gasteiger partial charge in [-0.05, 0) is 43.1 Å². The molecular weight excluding hydrogens is 344 g/mol. The van der Waals surface area contributed by atoms with Gasteiger partial charge in [0.2, 0.25) is 0 Å². The van der Waals surface area contributed by atoms with Gasteiger partial charge >= 0.3 is 0 Å². The Morgan fingerprint density at radius 2 is 2.12 bits per heavy atom. The van der Waals surface area contributed by atoms with Gasteiger partial charge in [-0.1, -0.05) is 36.2 Å². The first-order valence-corrected chi connectivity index (χ1v) is 9.51. The van der Waals surface area contributed by atoms with Crippen LogP contribution in [0.5, 0.6) is 0 Å². The second-order valence-electron chi connectivity index (χ2n) is 6.96. The second-order valence-corrected chi connectivity index (χ2v) is 7.39. The Hall–Kier alpha value is -2.17. The molecule has 0 spiro atoms. The van der Waals surface area contributed by atoms with E-state index in [9.17, 15) is 0 Å². The molecule has 0 saturated carbocycles. The Kier molecular flexibility index (Phi) is 5.05. The Morgan fingerprint density at radius 3 is 2.92 bits per heavy atom. The molecule has 1 aromatic carbocycles. The lowest BCUT2D eigenvalue weighted by Crippen LogP contribution is -2.33. The molecule has 0 aliphatic carbocycles. The zero-order chi connectivity index (χ0) is 17.9. The number of aromatic nitrogens is 3. The van der Waals surface area contributed by atoms with Gasteiger partial charge < -0.3 is 0 Å². The van der Waals surface area contributed by atoms with Gasteiger partial charge in [-0.15, -0.1) is 0 Å². The number of nitrogens with zero attached hydrogens (tertiary/aromatic N) is 4. The average Bonchev–Trinajstić information content (AvgIpc) is 3.03. The van der Waals surface area contributed by atoms with Gasteiger partial charge in [0.1, 0.15) is 0 Å². The predicted molar refractivity (Wildman–Crippen MR) is 105 cm³/mol. The van der Waals surface area contributed by atoms with Crippen LogP contribution in [-0.2, 0) is 13.6 Å². The third-order valence-corrected chi connectivity index (χ3v) is 5.29. The van der Waals surface area contributed by atoms with Gasteiger partial charge in [0.15, 0.2) is 0 Å². The van der Waals surface area contributed by atoms with Crippen LogP contribution < -0.4 is 0 Å². The molecule has 0 unspecified atom stereocenters. The highest BCUT2D eigenvalue weighted by molar-refractivity contribution is 6.30. The number of hydrogen-bond acceptors (Lipinski definition) is 3. The van der Waals surface area contributed by atoms with E-state index < -0.39 is 0 Å². The minimum Gasteiger partial charge on any atom is -0.292 e. The summed E-state index contributed by atoms with van der Waals surface area (Å²) in [5.74, 6) is 0. The van der Waals surface area contributed by atoms with Crippen LogP contribution in [-0.4, -0.2) is 26.2 Å². The number of piperidine rings is 1. The highest BCUT2D eigenvalue weighted by atomic mass is 35.5. The fourth-order valence-corrected chi connectivity index (χ4v) is 4.07. The fraction of sp³-hybridized carbons (Fsp3) is 0.333. The molecule has 5 heteroatoms. The zero-order valence-electron chi connectivity index (χ0n) is 15.0. The molecule has 0 bridgehead atoms. The van der Waals surface area contributed by atoms with Crippen LogP contribution >= 0.6 is 11.6 Å². The van der Waals surface area contributed by atoms with E-state index in [1.165, 1.54) is 30.4 Å². The van der Waals surface area contributed by atoms with Crippen molar-refractivity contribution < 1.29 is 0 Å². The van der Waals surface area contributed by atoms with Crippen molar-refractivity contribution in [3.8, 4) is 11.3 Å². The maximum atomic E-state index is 6.20.